The van der Waals surface area contributed by atoms with Gasteiger partial charge in [0, 0.05) is 5.56 Å². The monoisotopic (exact) mass is 613 g/mol. The van der Waals surface area contributed by atoms with E-state index in [1.807, 2.05) is 0 Å². The van der Waals surface area contributed by atoms with Gasteiger partial charge in [0.25, 0.3) is 0 Å². The molecule has 238 valence electrons. The van der Waals surface area contributed by atoms with Gasteiger partial charge in [0.05, 0.1) is 17.5 Å². The molecule has 3 atom stereocenters. The molecule has 2 aliphatic rings. The van der Waals surface area contributed by atoms with Crippen molar-refractivity contribution in [2.75, 3.05) is 13.1 Å². The zero-order chi connectivity index (χ0) is 31.9. The predicted octanol–water partition coefficient (Wildman–Crippen LogP) is 3.80. The van der Waals surface area contributed by atoms with Gasteiger partial charge in [-0.3, -0.25) is 20.4 Å². The third kappa shape index (κ3) is 8.58. The number of nitrogen functional groups attached to an aromatic ring is 1. The fourth-order valence-electron chi connectivity index (χ4n) is 6.34. The Morgan fingerprint density at radius 2 is 1.48 bits per heavy atom. The lowest BCUT2D eigenvalue weighted by Gasteiger charge is -2.35. The molecule has 44 heavy (non-hydrogen) atoms. The molecule has 2 fully saturated rings. The minimum Gasteiger partial charge on any atom is -0.386 e. The molecule has 0 bridgehead atoms. The molecule has 1 saturated carbocycles. The summed E-state index contributed by atoms with van der Waals surface area (Å²) in [7, 11) is 0. The summed E-state index contributed by atoms with van der Waals surface area (Å²) in [5, 5.41) is 24.9. The van der Waals surface area contributed by atoms with Crippen molar-refractivity contribution < 1.29 is 22.8 Å². The van der Waals surface area contributed by atoms with Crippen molar-refractivity contribution in [2.24, 2.45) is 23.3 Å². The van der Waals surface area contributed by atoms with Crippen LogP contribution in [-0.2, 0) is 22.2 Å². The molecule has 1 aliphatic heterocycles. The van der Waals surface area contributed by atoms with Crippen molar-refractivity contribution in [1.82, 2.24) is 16.0 Å². The van der Waals surface area contributed by atoms with Crippen molar-refractivity contribution in [3.63, 3.8) is 0 Å². The maximum atomic E-state index is 14.1. The number of hydrogen-bond acceptors (Lipinski definition) is 5. The highest BCUT2D eigenvalue weighted by Gasteiger charge is 2.37. The van der Waals surface area contributed by atoms with Gasteiger partial charge in [-0.25, -0.2) is 0 Å². The van der Waals surface area contributed by atoms with Gasteiger partial charge in [0.1, 0.15) is 17.7 Å². The predicted molar refractivity (Wildman–Crippen MR) is 163 cm³/mol. The van der Waals surface area contributed by atoms with Crippen molar-refractivity contribution in [3.05, 3.63) is 70.8 Å². The van der Waals surface area contributed by atoms with Crippen LogP contribution < -0.4 is 27.4 Å². The van der Waals surface area contributed by atoms with Crippen molar-refractivity contribution in [2.45, 2.75) is 75.5 Å². The molecule has 0 aromatic heterocycles. The number of nitrogens with two attached hydrogens (primary N) is 2. The van der Waals surface area contributed by atoms with Crippen molar-refractivity contribution in [1.29, 1.82) is 10.8 Å². The van der Waals surface area contributed by atoms with Crippen LogP contribution in [-0.4, -0.2) is 48.7 Å². The minimum atomic E-state index is -4.60. The van der Waals surface area contributed by atoms with E-state index in [0.717, 1.165) is 70.2 Å². The Hall–Kier alpha value is -3.93. The van der Waals surface area contributed by atoms with Crippen LogP contribution >= 0.6 is 0 Å². The van der Waals surface area contributed by atoms with Gasteiger partial charge in [-0.2, -0.15) is 13.2 Å². The Morgan fingerprint density at radius 1 is 0.864 bits per heavy atom. The second kappa shape index (κ2) is 14.7. The van der Waals surface area contributed by atoms with Crippen molar-refractivity contribution in [3.8, 4) is 0 Å². The molecule has 2 aromatic carbocycles. The molecule has 2 amide bonds. The molecule has 1 saturated heterocycles. The van der Waals surface area contributed by atoms with Gasteiger partial charge in [-0.15, -0.1) is 0 Å². The first-order valence-corrected chi connectivity index (χ1v) is 15.2. The number of halogens is 3. The Balaban J connectivity index is 1.64. The number of rotatable bonds is 11. The quantitative estimate of drug-likeness (QED) is 0.151. The first kappa shape index (κ1) is 33.0. The molecule has 4 rings (SSSR count). The summed E-state index contributed by atoms with van der Waals surface area (Å²) in [5.74, 6) is -2.48. The second-order valence-corrected chi connectivity index (χ2v) is 11.9. The highest BCUT2D eigenvalue weighted by molar-refractivity contribution is 5.95. The first-order chi connectivity index (χ1) is 20.9. The van der Waals surface area contributed by atoms with Crippen LogP contribution in [0.15, 0.2) is 48.5 Å². The molecule has 2 aromatic rings. The number of amidine groups is 2. The van der Waals surface area contributed by atoms with Crippen molar-refractivity contribution >= 4 is 23.5 Å². The number of carbonyl (C=O) groups excluding carboxylic acids is 2. The Kier molecular flexibility index (Phi) is 11.0. The third-order valence-electron chi connectivity index (χ3n) is 8.83. The number of piperidine rings is 1. The van der Waals surface area contributed by atoms with E-state index in [1.54, 1.807) is 24.3 Å². The summed E-state index contributed by atoms with van der Waals surface area (Å²) >= 11 is 0. The number of benzene rings is 2. The Bertz CT molecular complexity index is 1320. The molecule has 12 heteroatoms. The average Bonchev–Trinajstić information content (AvgIpc) is 3.01. The zero-order valence-corrected chi connectivity index (χ0v) is 24.7. The molecular formula is C32H42F3N7O2. The number of amides is 2. The molecule has 1 aliphatic carbocycles. The maximum absolute atomic E-state index is 14.1. The first-order valence-electron chi connectivity index (χ1n) is 15.2. The van der Waals surface area contributed by atoms with E-state index in [2.05, 4.69) is 16.0 Å². The summed E-state index contributed by atoms with van der Waals surface area (Å²) < 4.78 is 41.0. The molecule has 3 unspecified atom stereocenters. The van der Waals surface area contributed by atoms with Gasteiger partial charge in [0.15, 0.2) is 0 Å². The SMILES string of the molecule is N=C(N)c1ccc(CC(C(=O)NC(C(=O)NC(C(=N)N)C2CCNCC2)C2CCCCC2)c2cccc(C(F)(F)F)c2)cc1. The van der Waals surface area contributed by atoms with E-state index in [-0.39, 0.29) is 35.5 Å². The second-order valence-electron chi connectivity index (χ2n) is 11.9. The number of nitrogens with one attached hydrogen (secondary N) is 5. The van der Waals surface area contributed by atoms with Gasteiger partial charge in [-0.1, -0.05) is 61.7 Å². The van der Waals surface area contributed by atoms with Gasteiger partial charge in [-0.05, 0) is 74.2 Å². The molecule has 0 radical (unpaired) electrons. The summed E-state index contributed by atoms with van der Waals surface area (Å²) in [6.07, 6.45) is 1.20. The molecule has 0 spiro atoms. The van der Waals surface area contributed by atoms with Gasteiger partial charge < -0.3 is 27.4 Å². The molecular weight excluding hydrogens is 571 g/mol. The number of alkyl halides is 3. The highest BCUT2D eigenvalue weighted by atomic mass is 19.4. The lowest BCUT2D eigenvalue weighted by Crippen LogP contribution is -2.58. The lowest BCUT2D eigenvalue weighted by atomic mass is 9.82. The van der Waals surface area contributed by atoms with Crippen LogP contribution in [0.5, 0.6) is 0 Å². The zero-order valence-electron chi connectivity index (χ0n) is 24.7. The summed E-state index contributed by atoms with van der Waals surface area (Å²) in [6, 6.07) is 9.72. The maximum Gasteiger partial charge on any atom is 0.416 e. The van der Waals surface area contributed by atoms with Crippen LogP contribution in [0.1, 0.15) is 73.1 Å². The Labute approximate surface area is 255 Å². The van der Waals surface area contributed by atoms with E-state index in [9.17, 15) is 22.8 Å². The topological polar surface area (TPSA) is 170 Å². The molecule has 1 heterocycles. The smallest absolute Gasteiger partial charge is 0.386 e. The fraction of sp³-hybridized carbons (Fsp3) is 0.500. The Morgan fingerprint density at radius 3 is 2.07 bits per heavy atom. The normalized spacial score (nSPS) is 18.5. The fourth-order valence-corrected chi connectivity index (χ4v) is 6.34. The van der Waals surface area contributed by atoms with E-state index in [1.165, 1.54) is 12.1 Å². The standard InChI is InChI=1S/C32H42F3N7O2/c33-32(34,35)24-8-4-7-23(18-24)25(17-19-9-11-22(12-10-19)28(36)37)30(43)42-27(20-5-2-1-3-6-20)31(44)41-26(29(38)39)21-13-15-40-16-14-21/h4,7-12,18,20-21,25-27,40H,1-3,5-6,13-17H2,(H3,36,37)(H3,38,39)(H,41,44)(H,42,43). The van der Waals surface area contributed by atoms with Crippen LogP contribution in [0.3, 0.4) is 0 Å². The third-order valence-corrected chi connectivity index (χ3v) is 8.83. The van der Waals surface area contributed by atoms with Crippen LogP contribution in [0.25, 0.3) is 0 Å². The van der Waals surface area contributed by atoms with Crippen LogP contribution in [0, 0.1) is 22.7 Å². The molecule has 9 nitrogen and oxygen atoms in total. The van der Waals surface area contributed by atoms with E-state index >= 15 is 0 Å². The van der Waals surface area contributed by atoms with Crippen LogP contribution in [0.2, 0.25) is 0 Å². The number of hydrogen-bond donors (Lipinski definition) is 7. The van der Waals surface area contributed by atoms with E-state index in [4.69, 9.17) is 22.3 Å². The largest absolute Gasteiger partial charge is 0.416 e. The van der Waals surface area contributed by atoms with Gasteiger partial charge in [0.2, 0.25) is 11.8 Å². The van der Waals surface area contributed by atoms with Crippen LogP contribution in [0.4, 0.5) is 13.2 Å². The lowest BCUT2D eigenvalue weighted by molar-refractivity contribution is -0.137. The molecule has 9 N–H and O–H groups in total. The van der Waals surface area contributed by atoms with E-state index in [0.29, 0.717) is 11.1 Å². The summed E-state index contributed by atoms with van der Waals surface area (Å²) in [4.78, 5) is 27.9. The average molecular weight is 614 g/mol. The summed E-state index contributed by atoms with van der Waals surface area (Å²) in [6.45, 7) is 1.50. The van der Waals surface area contributed by atoms with E-state index < -0.39 is 41.6 Å². The highest BCUT2D eigenvalue weighted by Crippen LogP contribution is 2.33. The summed E-state index contributed by atoms with van der Waals surface area (Å²) in [5.41, 5.74) is 11.9. The number of carbonyl (C=O) groups is 2. The minimum absolute atomic E-state index is 0.0174. The van der Waals surface area contributed by atoms with Gasteiger partial charge >= 0.3 is 6.18 Å².